The number of ketones is 1. The zero-order valence-corrected chi connectivity index (χ0v) is 26.1. The van der Waals surface area contributed by atoms with Crippen molar-refractivity contribution in [3.8, 4) is 23.0 Å². The van der Waals surface area contributed by atoms with Gasteiger partial charge in [-0.2, -0.15) is 0 Å². The fourth-order valence-electron chi connectivity index (χ4n) is 6.89. The van der Waals surface area contributed by atoms with Gasteiger partial charge in [0.25, 0.3) is 0 Å². The van der Waals surface area contributed by atoms with Gasteiger partial charge in [-0.25, -0.2) is 0 Å². The molecule has 3 atom stereocenters. The minimum Gasteiger partial charge on any atom is -0.496 e. The quantitative estimate of drug-likeness (QED) is 0.290. The molecule has 0 amide bonds. The average Bonchev–Trinajstić information content (AvgIpc) is 2.94. The Kier molecular flexibility index (Phi) is 7.66. The molecule has 0 aliphatic heterocycles. The lowest BCUT2D eigenvalue weighted by Gasteiger charge is -2.45. The summed E-state index contributed by atoms with van der Waals surface area (Å²) in [4.78, 5) is 14.3. The molecule has 1 saturated carbocycles. The van der Waals surface area contributed by atoms with Gasteiger partial charge < -0.3 is 23.7 Å². The van der Waals surface area contributed by atoms with Gasteiger partial charge in [0, 0.05) is 11.5 Å². The third-order valence-corrected chi connectivity index (χ3v) is 10.9. The number of rotatable bonds is 8. The molecule has 6 nitrogen and oxygen atoms in total. The van der Waals surface area contributed by atoms with Crippen LogP contribution in [0.15, 0.2) is 36.4 Å². The molecule has 0 N–H and O–H groups in total. The Morgan fingerprint density at radius 1 is 0.900 bits per heavy atom. The molecule has 5 rings (SSSR count). The summed E-state index contributed by atoms with van der Waals surface area (Å²) in [6, 6.07) is 12.3. The molecule has 2 aliphatic rings. The topological polar surface area (TPSA) is 63.2 Å². The zero-order chi connectivity index (χ0) is 28.8. The zero-order valence-electron chi connectivity index (χ0n) is 25.1. The van der Waals surface area contributed by atoms with Crippen molar-refractivity contribution < 1.29 is 28.5 Å². The Morgan fingerprint density at radius 3 is 2.17 bits per heavy atom. The van der Waals surface area contributed by atoms with Crippen LogP contribution in [-0.4, -0.2) is 47.9 Å². The molecule has 0 aromatic heterocycles. The van der Waals surface area contributed by atoms with Crippen molar-refractivity contribution in [2.24, 2.45) is 11.8 Å². The van der Waals surface area contributed by atoms with Crippen LogP contribution in [0.1, 0.15) is 47.7 Å². The minimum absolute atomic E-state index is 0.0777. The summed E-state index contributed by atoms with van der Waals surface area (Å²) in [6.07, 6.45) is 3.15. The van der Waals surface area contributed by atoms with E-state index in [9.17, 15) is 4.79 Å². The standard InChI is InChI=1S/C33H42O6Si/c1-33(39-19-20-12-10-9-11-13-20)15-14-22-21(18-33)16-23-26(29(22)34)32(38-5)27-24(35-2)17-25(40(6,7)8)31(37-4)28(27)30(23)36-3/h9-13,17,21-22H,14-16,18-19H2,1-8H3/t21-,22-,33+/m1/s1. The molecule has 0 heterocycles. The van der Waals surface area contributed by atoms with E-state index >= 15 is 0 Å². The largest absolute Gasteiger partial charge is 0.496 e. The van der Waals surface area contributed by atoms with Crippen LogP contribution in [0.3, 0.4) is 0 Å². The molecule has 0 unspecified atom stereocenters. The second-order valence-corrected chi connectivity index (χ2v) is 17.5. The van der Waals surface area contributed by atoms with E-state index < -0.39 is 8.07 Å². The second-order valence-electron chi connectivity index (χ2n) is 12.5. The first-order valence-electron chi connectivity index (χ1n) is 14.1. The van der Waals surface area contributed by atoms with Crippen molar-refractivity contribution in [2.45, 2.75) is 64.5 Å². The molecule has 7 heteroatoms. The lowest BCUT2D eigenvalue weighted by atomic mass is 9.63. The van der Waals surface area contributed by atoms with E-state index in [4.69, 9.17) is 23.7 Å². The van der Waals surface area contributed by atoms with Gasteiger partial charge in [0.2, 0.25) is 0 Å². The van der Waals surface area contributed by atoms with E-state index in [-0.39, 0.29) is 23.2 Å². The number of carbonyl (C=O) groups excluding carboxylic acids is 1. The van der Waals surface area contributed by atoms with Gasteiger partial charge in [0.1, 0.15) is 23.0 Å². The molecule has 40 heavy (non-hydrogen) atoms. The average molecular weight is 563 g/mol. The molecule has 2 aliphatic carbocycles. The van der Waals surface area contributed by atoms with E-state index in [2.05, 4.69) is 44.8 Å². The summed E-state index contributed by atoms with van der Waals surface area (Å²) in [7, 11) is 4.83. The Labute approximate surface area is 238 Å². The van der Waals surface area contributed by atoms with Gasteiger partial charge in [-0.3, -0.25) is 4.79 Å². The Morgan fingerprint density at radius 2 is 1.57 bits per heavy atom. The highest BCUT2D eigenvalue weighted by Crippen LogP contribution is 2.54. The van der Waals surface area contributed by atoms with Gasteiger partial charge in [-0.1, -0.05) is 50.0 Å². The molecule has 0 spiro atoms. The number of ether oxygens (including phenoxy) is 5. The highest BCUT2D eigenvalue weighted by molar-refractivity contribution is 6.89. The van der Waals surface area contributed by atoms with Crippen molar-refractivity contribution in [1.29, 1.82) is 0 Å². The van der Waals surface area contributed by atoms with Crippen molar-refractivity contribution in [3.05, 3.63) is 53.1 Å². The van der Waals surface area contributed by atoms with Crippen molar-refractivity contribution in [1.82, 2.24) is 0 Å². The van der Waals surface area contributed by atoms with Crippen molar-refractivity contribution in [3.63, 3.8) is 0 Å². The van der Waals surface area contributed by atoms with E-state index in [1.54, 1.807) is 28.4 Å². The first-order chi connectivity index (χ1) is 19.1. The maximum atomic E-state index is 14.3. The SMILES string of the molecule is COc1cc([Si](C)(C)C)c(OC)c2c(OC)c3c(c(OC)c12)C(=O)[C@@H]1CC[C@](C)(OCc2ccccc2)C[C@H]1C3. The van der Waals surface area contributed by atoms with Crippen LogP contribution < -0.4 is 24.1 Å². The molecule has 0 bridgehead atoms. The Hall–Kier alpha value is -3.03. The summed E-state index contributed by atoms with van der Waals surface area (Å²) in [5, 5.41) is 2.69. The molecular weight excluding hydrogens is 520 g/mol. The van der Waals surface area contributed by atoms with Gasteiger partial charge in [-0.15, -0.1) is 0 Å². The van der Waals surface area contributed by atoms with Gasteiger partial charge in [0.05, 0.1) is 65.1 Å². The van der Waals surface area contributed by atoms with Crippen molar-refractivity contribution in [2.75, 3.05) is 28.4 Å². The molecule has 0 radical (unpaired) electrons. The number of hydrogen-bond donors (Lipinski definition) is 0. The van der Waals surface area contributed by atoms with Crippen LogP contribution >= 0.6 is 0 Å². The predicted molar refractivity (Wildman–Crippen MR) is 162 cm³/mol. The summed E-state index contributed by atoms with van der Waals surface area (Å²) in [6.45, 7) is 9.61. The number of Topliss-reactive ketones (excluding diaryl/α,β-unsaturated/α-hetero) is 1. The number of carbonyl (C=O) groups is 1. The highest BCUT2D eigenvalue weighted by atomic mass is 28.3. The fourth-order valence-corrected chi connectivity index (χ4v) is 8.36. The second kappa shape index (κ2) is 10.7. The van der Waals surface area contributed by atoms with E-state index in [0.717, 1.165) is 52.1 Å². The van der Waals surface area contributed by atoms with Gasteiger partial charge >= 0.3 is 0 Å². The Bertz CT molecular complexity index is 1430. The third-order valence-electron chi connectivity index (χ3n) is 8.87. The predicted octanol–water partition coefficient (Wildman–Crippen LogP) is 6.55. The number of hydrogen-bond acceptors (Lipinski definition) is 6. The highest BCUT2D eigenvalue weighted by Gasteiger charge is 2.47. The van der Waals surface area contributed by atoms with Crippen LogP contribution in [0.4, 0.5) is 0 Å². The molecule has 0 saturated heterocycles. The van der Waals surface area contributed by atoms with Crippen LogP contribution in [-0.2, 0) is 17.8 Å². The van der Waals surface area contributed by atoms with E-state index in [1.165, 1.54) is 0 Å². The summed E-state index contributed by atoms with van der Waals surface area (Å²) in [5.41, 5.74) is 2.39. The maximum absolute atomic E-state index is 14.3. The number of fused-ring (bicyclic) bond motifs is 3. The smallest absolute Gasteiger partial charge is 0.170 e. The summed E-state index contributed by atoms with van der Waals surface area (Å²) in [5.74, 6) is 2.90. The van der Waals surface area contributed by atoms with E-state index in [0.29, 0.717) is 35.8 Å². The van der Waals surface area contributed by atoms with Crippen LogP contribution in [0.25, 0.3) is 10.8 Å². The lowest BCUT2D eigenvalue weighted by Crippen LogP contribution is -2.44. The molecule has 3 aromatic carbocycles. The molecule has 214 valence electrons. The minimum atomic E-state index is -1.85. The molecule has 3 aromatic rings. The van der Waals surface area contributed by atoms with E-state index in [1.807, 2.05) is 18.2 Å². The van der Waals surface area contributed by atoms with Crippen LogP contribution in [0.5, 0.6) is 23.0 Å². The first kappa shape index (κ1) is 28.5. The number of methoxy groups -OCH3 is 4. The third kappa shape index (κ3) is 4.77. The Balaban J connectivity index is 1.65. The summed E-state index contributed by atoms with van der Waals surface area (Å²) >= 11 is 0. The number of benzene rings is 3. The van der Waals surface area contributed by atoms with Crippen LogP contribution in [0, 0.1) is 11.8 Å². The fraction of sp³-hybridized carbons (Fsp3) is 0.485. The van der Waals surface area contributed by atoms with Gasteiger partial charge in [-0.05, 0) is 55.3 Å². The lowest BCUT2D eigenvalue weighted by molar-refractivity contribution is -0.0880. The summed E-state index contributed by atoms with van der Waals surface area (Å²) < 4.78 is 30.8. The van der Waals surface area contributed by atoms with Crippen LogP contribution in [0.2, 0.25) is 19.6 Å². The van der Waals surface area contributed by atoms with Gasteiger partial charge in [0.15, 0.2) is 5.78 Å². The maximum Gasteiger partial charge on any atom is 0.170 e. The normalized spacial score (nSPS) is 22.4. The monoisotopic (exact) mass is 562 g/mol. The van der Waals surface area contributed by atoms with Crippen molar-refractivity contribution >= 4 is 29.8 Å². The molecule has 1 fully saturated rings. The first-order valence-corrected chi connectivity index (χ1v) is 17.6. The molecular formula is C33H42O6Si.